The van der Waals surface area contributed by atoms with Crippen molar-refractivity contribution in [2.45, 2.75) is 20.0 Å². The summed E-state index contributed by atoms with van der Waals surface area (Å²) in [4.78, 5) is 21.0. The van der Waals surface area contributed by atoms with Crippen LogP contribution in [0.15, 0.2) is 42.7 Å². The van der Waals surface area contributed by atoms with E-state index in [-0.39, 0.29) is 17.3 Å². The highest BCUT2D eigenvalue weighted by Crippen LogP contribution is 2.21. The first-order valence-corrected chi connectivity index (χ1v) is 9.98. The number of H-pyrrole nitrogens is 1. The molecule has 0 saturated heterocycles. The molecule has 0 spiro atoms. The number of nitrogens with zero attached hydrogens (tertiary/aromatic N) is 4. The van der Waals surface area contributed by atoms with Crippen LogP contribution in [0.4, 0.5) is 10.2 Å². The van der Waals surface area contributed by atoms with Crippen molar-refractivity contribution in [3.05, 3.63) is 81.5 Å². The lowest BCUT2D eigenvalue weighted by atomic mass is 10.1. The van der Waals surface area contributed by atoms with Gasteiger partial charge in [0, 0.05) is 13.1 Å². The Morgan fingerprint density at radius 1 is 1.19 bits per heavy atom. The van der Waals surface area contributed by atoms with E-state index in [4.69, 9.17) is 16.9 Å². The third-order valence-electron chi connectivity index (χ3n) is 4.87. The lowest BCUT2D eigenvalue weighted by Crippen LogP contribution is -2.24. The van der Waals surface area contributed by atoms with Crippen molar-refractivity contribution < 1.29 is 9.18 Å². The largest absolute Gasteiger partial charge is 0.363 e. The van der Waals surface area contributed by atoms with Gasteiger partial charge in [-0.1, -0.05) is 29.8 Å². The molecule has 0 unspecified atom stereocenters. The summed E-state index contributed by atoms with van der Waals surface area (Å²) < 4.78 is 13.3. The number of aromatic amines is 1. The zero-order valence-electron chi connectivity index (χ0n) is 16.9. The smallest absolute Gasteiger partial charge is 0.272 e. The Kier molecular flexibility index (Phi) is 5.96. The minimum absolute atomic E-state index is 0.0112. The molecule has 0 aliphatic rings. The fraction of sp³-hybridized carbons (Fsp3) is 0.136. The maximum Gasteiger partial charge on any atom is 0.272 e. The van der Waals surface area contributed by atoms with Gasteiger partial charge in [0.15, 0.2) is 11.5 Å². The number of rotatable bonds is 6. The molecule has 2 heterocycles. The molecule has 32 heavy (non-hydrogen) atoms. The average Bonchev–Trinajstić information content (AvgIpc) is 3.21. The van der Waals surface area contributed by atoms with Crippen molar-refractivity contribution in [2.75, 3.05) is 5.32 Å². The summed E-state index contributed by atoms with van der Waals surface area (Å²) in [5.41, 5.74) is 4.15. The van der Waals surface area contributed by atoms with Crippen LogP contribution in [0.1, 0.15) is 32.7 Å². The van der Waals surface area contributed by atoms with Crippen molar-refractivity contribution in [1.82, 2.24) is 25.5 Å². The highest BCUT2D eigenvalue weighted by atomic mass is 35.5. The van der Waals surface area contributed by atoms with Gasteiger partial charge in [-0.25, -0.2) is 14.4 Å². The molecule has 4 aromatic rings. The molecule has 0 fully saturated rings. The first kappa shape index (κ1) is 21.2. The Labute approximate surface area is 187 Å². The van der Waals surface area contributed by atoms with Crippen LogP contribution in [-0.4, -0.2) is 26.1 Å². The summed E-state index contributed by atoms with van der Waals surface area (Å²) in [6, 6.07) is 11.9. The summed E-state index contributed by atoms with van der Waals surface area (Å²) in [5.74, 6) is -0.479. The zero-order chi connectivity index (χ0) is 22.7. The van der Waals surface area contributed by atoms with Crippen LogP contribution in [0.25, 0.3) is 11.0 Å². The topological polar surface area (TPSA) is 119 Å². The van der Waals surface area contributed by atoms with E-state index in [1.807, 2.05) is 19.1 Å². The van der Waals surface area contributed by atoms with E-state index < -0.39 is 11.7 Å². The molecule has 0 bridgehead atoms. The molecule has 2 aromatic carbocycles. The van der Waals surface area contributed by atoms with Crippen LogP contribution >= 0.6 is 11.6 Å². The Morgan fingerprint density at radius 3 is 2.72 bits per heavy atom. The second-order valence-electron chi connectivity index (χ2n) is 7.06. The Hall–Kier alpha value is -4.03. The molecule has 0 aliphatic heterocycles. The first-order valence-electron chi connectivity index (χ1n) is 9.61. The zero-order valence-corrected chi connectivity index (χ0v) is 17.7. The Balaban J connectivity index is 1.48. The first-order chi connectivity index (χ1) is 15.5. The molecule has 2 aromatic heterocycles. The molecule has 8 nitrogen and oxygen atoms in total. The number of anilines is 1. The Morgan fingerprint density at radius 2 is 1.97 bits per heavy atom. The second-order valence-corrected chi connectivity index (χ2v) is 7.47. The van der Waals surface area contributed by atoms with Crippen LogP contribution < -0.4 is 10.6 Å². The van der Waals surface area contributed by atoms with Gasteiger partial charge in [-0.3, -0.25) is 9.89 Å². The second kappa shape index (κ2) is 8.99. The minimum atomic E-state index is -0.520. The minimum Gasteiger partial charge on any atom is -0.363 e. The van der Waals surface area contributed by atoms with E-state index in [2.05, 4.69) is 36.9 Å². The molecule has 1 amide bonds. The summed E-state index contributed by atoms with van der Waals surface area (Å²) in [6.45, 7) is 2.50. The number of hydrogen-bond acceptors (Lipinski definition) is 6. The number of carbonyl (C=O) groups excluding carboxylic acids is 1. The van der Waals surface area contributed by atoms with Crippen LogP contribution in [-0.2, 0) is 13.1 Å². The van der Waals surface area contributed by atoms with Crippen LogP contribution in [0.3, 0.4) is 0 Å². The molecule has 3 N–H and O–H groups in total. The number of hydrogen-bond donors (Lipinski definition) is 3. The highest BCUT2D eigenvalue weighted by Gasteiger charge is 2.17. The number of halogens is 2. The van der Waals surface area contributed by atoms with Crippen LogP contribution in [0.5, 0.6) is 0 Å². The third kappa shape index (κ3) is 4.36. The van der Waals surface area contributed by atoms with Gasteiger partial charge >= 0.3 is 0 Å². The molecule has 4 rings (SSSR count). The lowest BCUT2D eigenvalue weighted by Gasteiger charge is -2.07. The quantitative estimate of drug-likeness (QED) is 0.411. The SMILES string of the molecule is Cc1cc(CNc2n[nH]c3c(C(=O)NCc4ccc(F)c(Cl)c4)ncnc23)ccc1C#N. The Bertz CT molecular complexity index is 1360. The lowest BCUT2D eigenvalue weighted by molar-refractivity contribution is 0.0947. The molecule has 0 atom stereocenters. The summed E-state index contributed by atoms with van der Waals surface area (Å²) in [5, 5.41) is 22.0. The van der Waals surface area contributed by atoms with Gasteiger partial charge in [0.25, 0.3) is 5.91 Å². The van der Waals surface area contributed by atoms with Gasteiger partial charge in [0.2, 0.25) is 0 Å². The van der Waals surface area contributed by atoms with E-state index in [0.717, 1.165) is 11.1 Å². The number of amides is 1. The molecular weight excluding hydrogens is 433 g/mol. The fourth-order valence-electron chi connectivity index (χ4n) is 3.19. The van der Waals surface area contributed by atoms with Gasteiger partial charge in [0.05, 0.1) is 16.7 Å². The number of fused-ring (bicyclic) bond motifs is 1. The van der Waals surface area contributed by atoms with Crippen LogP contribution in [0.2, 0.25) is 5.02 Å². The normalized spacial score (nSPS) is 10.7. The van der Waals surface area contributed by atoms with E-state index in [1.165, 1.54) is 18.5 Å². The van der Waals surface area contributed by atoms with Gasteiger partial charge in [-0.05, 0) is 41.8 Å². The van der Waals surface area contributed by atoms with E-state index in [9.17, 15) is 9.18 Å². The van der Waals surface area contributed by atoms with Crippen molar-refractivity contribution in [3.63, 3.8) is 0 Å². The van der Waals surface area contributed by atoms with E-state index in [1.54, 1.807) is 12.1 Å². The monoisotopic (exact) mass is 449 g/mol. The van der Waals surface area contributed by atoms with Crippen molar-refractivity contribution >= 4 is 34.4 Å². The number of nitrogens with one attached hydrogen (secondary N) is 3. The van der Waals surface area contributed by atoms with Crippen molar-refractivity contribution in [2.24, 2.45) is 0 Å². The number of carbonyl (C=O) groups is 1. The fourth-order valence-corrected chi connectivity index (χ4v) is 3.40. The molecule has 10 heteroatoms. The summed E-state index contributed by atoms with van der Waals surface area (Å²) in [6.07, 6.45) is 1.29. The van der Waals surface area contributed by atoms with Gasteiger partial charge in [-0.15, -0.1) is 0 Å². The van der Waals surface area contributed by atoms with Crippen molar-refractivity contribution in [3.8, 4) is 6.07 Å². The van der Waals surface area contributed by atoms with Gasteiger partial charge in [-0.2, -0.15) is 10.4 Å². The number of nitriles is 1. The molecule has 0 aliphatic carbocycles. The molecule has 0 radical (unpaired) electrons. The molecular formula is C22H17ClFN7O. The van der Waals surface area contributed by atoms with Gasteiger partial charge < -0.3 is 10.6 Å². The van der Waals surface area contributed by atoms with Crippen LogP contribution in [0, 0.1) is 24.1 Å². The standard InChI is InChI=1S/C22H17ClFN7O/c1-12-6-13(2-4-15(12)8-25)9-26-21-19-18(30-31-21)20(29-11-28-19)22(32)27-10-14-3-5-17(24)16(23)7-14/h2-7,11H,9-10H2,1H3,(H,27,32)(H2,26,30,31). The summed E-state index contributed by atoms with van der Waals surface area (Å²) >= 11 is 5.78. The van der Waals surface area contributed by atoms with Crippen molar-refractivity contribution in [1.29, 1.82) is 5.26 Å². The number of aromatic nitrogens is 4. The predicted molar refractivity (Wildman–Crippen MR) is 117 cm³/mol. The third-order valence-corrected chi connectivity index (χ3v) is 5.16. The van der Waals surface area contributed by atoms with E-state index >= 15 is 0 Å². The molecule has 160 valence electrons. The highest BCUT2D eigenvalue weighted by molar-refractivity contribution is 6.30. The molecule has 0 saturated carbocycles. The van der Waals surface area contributed by atoms with Gasteiger partial charge in [0.1, 0.15) is 23.2 Å². The maximum absolute atomic E-state index is 13.3. The average molecular weight is 450 g/mol. The summed E-state index contributed by atoms with van der Waals surface area (Å²) in [7, 11) is 0. The number of aryl methyl sites for hydroxylation is 1. The number of benzene rings is 2. The predicted octanol–water partition coefficient (Wildman–Crippen LogP) is 3.87. The maximum atomic E-state index is 13.3. The van der Waals surface area contributed by atoms with E-state index in [0.29, 0.717) is 34.5 Å².